The van der Waals surface area contributed by atoms with Crippen LogP contribution in [0.25, 0.3) is 22.2 Å². The van der Waals surface area contributed by atoms with E-state index in [0.717, 1.165) is 20.9 Å². The molecule has 3 aromatic rings. The van der Waals surface area contributed by atoms with E-state index in [1.807, 2.05) is 18.2 Å². The van der Waals surface area contributed by atoms with Crippen molar-refractivity contribution in [1.82, 2.24) is 5.16 Å². The zero-order valence-corrected chi connectivity index (χ0v) is 10.3. The first kappa shape index (κ1) is 10.4. The van der Waals surface area contributed by atoms with E-state index in [0.29, 0.717) is 5.76 Å². The summed E-state index contributed by atoms with van der Waals surface area (Å²) in [5.41, 5.74) is 1.70. The molecule has 17 heavy (non-hydrogen) atoms. The minimum atomic E-state index is 0.236. The summed E-state index contributed by atoms with van der Waals surface area (Å²) in [5, 5.41) is 14.2. The minimum Gasteiger partial charge on any atom is -0.508 e. The van der Waals surface area contributed by atoms with Gasteiger partial charge in [0.2, 0.25) is 0 Å². The van der Waals surface area contributed by atoms with Gasteiger partial charge in [-0.1, -0.05) is 21.1 Å². The molecule has 3 rings (SSSR count). The summed E-state index contributed by atoms with van der Waals surface area (Å²) in [6, 6.07) is 12.7. The summed E-state index contributed by atoms with van der Waals surface area (Å²) in [6.07, 6.45) is 0. The van der Waals surface area contributed by atoms with Gasteiger partial charge in [0.05, 0.1) is 0 Å². The monoisotopic (exact) mass is 289 g/mol. The van der Waals surface area contributed by atoms with Crippen LogP contribution in [0.1, 0.15) is 0 Å². The summed E-state index contributed by atoms with van der Waals surface area (Å²) in [4.78, 5) is 0. The number of hydrogen-bond donors (Lipinski definition) is 1. The maximum atomic E-state index is 9.25. The van der Waals surface area contributed by atoms with E-state index in [1.165, 1.54) is 0 Å². The van der Waals surface area contributed by atoms with E-state index in [4.69, 9.17) is 4.52 Å². The van der Waals surface area contributed by atoms with Gasteiger partial charge in [0.1, 0.15) is 11.3 Å². The molecule has 3 nitrogen and oxygen atoms in total. The molecule has 0 radical (unpaired) electrons. The highest BCUT2D eigenvalue weighted by Gasteiger charge is 2.10. The Bertz CT molecular complexity index is 673. The zero-order chi connectivity index (χ0) is 11.8. The van der Waals surface area contributed by atoms with Gasteiger partial charge in [0, 0.05) is 15.4 Å². The number of fused-ring (bicyclic) bond motifs is 1. The molecule has 0 saturated heterocycles. The van der Waals surface area contributed by atoms with Gasteiger partial charge < -0.3 is 9.63 Å². The van der Waals surface area contributed by atoms with Crippen molar-refractivity contribution in [2.45, 2.75) is 0 Å². The first-order chi connectivity index (χ1) is 8.24. The standard InChI is InChI=1S/C13H8BrNO2/c14-9-3-6-11-12(7-9)15-17-13(11)8-1-4-10(16)5-2-8/h1-7,16H. The van der Waals surface area contributed by atoms with Gasteiger partial charge in [-0.25, -0.2) is 0 Å². The third kappa shape index (κ3) is 1.80. The molecule has 0 bridgehead atoms. The number of nitrogens with zero attached hydrogens (tertiary/aromatic N) is 1. The van der Waals surface area contributed by atoms with E-state index in [2.05, 4.69) is 21.1 Å². The minimum absolute atomic E-state index is 0.236. The van der Waals surface area contributed by atoms with Crippen LogP contribution in [0.3, 0.4) is 0 Å². The summed E-state index contributed by atoms with van der Waals surface area (Å²) >= 11 is 3.39. The number of aromatic hydroxyl groups is 1. The number of phenols is 1. The number of benzene rings is 2. The van der Waals surface area contributed by atoms with E-state index in [9.17, 15) is 5.11 Å². The normalized spacial score (nSPS) is 10.9. The van der Waals surface area contributed by atoms with Crippen LogP contribution in [0.2, 0.25) is 0 Å². The highest BCUT2D eigenvalue weighted by Crippen LogP contribution is 2.30. The fourth-order valence-electron chi connectivity index (χ4n) is 1.74. The summed E-state index contributed by atoms with van der Waals surface area (Å²) in [7, 11) is 0. The van der Waals surface area contributed by atoms with Gasteiger partial charge in [0.25, 0.3) is 0 Å². The van der Waals surface area contributed by atoms with Crippen molar-refractivity contribution in [2.24, 2.45) is 0 Å². The smallest absolute Gasteiger partial charge is 0.174 e. The van der Waals surface area contributed by atoms with Crippen molar-refractivity contribution in [2.75, 3.05) is 0 Å². The SMILES string of the molecule is Oc1ccc(-c2onc3cc(Br)ccc23)cc1. The molecule has 1 N–H and O–H groups in total. The molecular weight excluding hydrogens is 282 g/mol. The first-order valence-electron chi connectivity index (χ1n) is 5.08. The summed E-state index contributed by atoms with van der Waals surface area (Å²) in [6.45, 7) is 0. The highest BCUT2D eigenvalue weighted by molar-refractivity contribution is 9.10. The van der Waals surface area contributed by atoms with Crippen LogP contribution in [0, 0.1) is 0 Å². The second-order valence-corrected chi connectivity index (χ2v) is 4.64. The third-order valence-corrected chi connectivity index (χ3v) is 3.06. The maximum absolute atomic E-state index is 9.25. The van der Waals surface area contributed by atoms with E-state index < -0.39 is 0 Å². The fourth-order valence-corrected chi connectivity index (χ4v) is 2.09. The summed E-state index contributed by atoms with van der Waals surface area (Å²) in [5.74, 6) is 0.952. The number of rotatable bonds is 1. The Morgan fingerprint density at radius 1 is 1.06 bits per heavy atom. The lowest BCUT2D eigenvalue weighted by atomic mass is 10.1. The predicted octanol–water partition coefficient (Wildman–Crippen LogP) is 3.96. The lowest BCUT2D eigenvalue weighted by molar-refractivity contribution is 0.440. The number of phenolic OH excluding ortho intramolecular Hbond substituents is 1. The maximum Gasteiger partial charge on any atom is 0.174 e. The van der Waals surface area contributed by atoms with Crippen LogP contribution in [-0.2, 0) is 0 Å². The molecule has 0 amide bonds. The first-order valence-corrected chi connectivity index (χ1v) is 5.88. The Balaban J connectivity index is 2.21. The molecule has 4 heteroatoms. The molecule has 0 unspecified atom stereocenters. The van der Waals surface area contributed by atoms with Crippen LogP contribution in [0.4, 0.5) is 0 Å². The van der Waals surface area contributed by atoms with Gasteiger partial charge in [-0.2, -0.15) is 0 Å². The average Bonchev–Trinajstić information content (AvgIpc) is 2.73. The topological polar surface area (TPSA) is 46.3 Å². The van der Waals surface area contributed by atoms with Crippen LogP contribution in [0.15, 0.2) is 51.5 Å². The lowest BCUT2D eigenvalue weighted by Gasteiger charge is -1.97. The molecule has 2 aromatic carbocycles. The molecule has 0 saturated carbocycles. The largest absolute Gasteiger partial charge is 0.508 e. The second kappa shape index (κ2) is 3.89. The van der Waals surface area contributed by atoms with Crippen LogP contribution >= 0.6 is 15.9 Å². The lowest BCUT2D eigenvalue weighted by Crippen LogP contribution is -1.74. The number of hydrogen-bond acceptors (Lipinski definition) is 3. The molecule has 1 aromatic heterocycles. The Morgan fingerprint density at radius 2 is 1.82 bits per heavy atom. The van der Waals surface area contributed by atoms with E-state index in [1.54, 1.807) is 24.3 Å². The zero-order valence-electron chi connectivity index (χ0n) is 8.72. The van der Waals surface area contributed by atoms with Crippen molar-refractivity contribution >= 4 is 26.8 Å². The molecule has 84 valence electrons. The van der Waals surface area contributed by atoms with Crippen LogP contribution in [-0.4, -0.2) is 10.3 Å². The quantitative estimate of drug-likeness (QED) is 0.737. The molecule has 0 fully saturated rings. The van der Waals surface area contributed by atoms with Gasteiger partial charge in [-0.3, -0.25) is 0 Å². The Morgan fingerprint density at radius 3 is 2.59 bits per heavy atom. The van der Waals surface area contributed by atoms with E-state index >= 15 is 0 Å². The number of aromatic nitrogens is 1. The highest BCUT2D eigenvalue weighted by atomic mass is 79.9. The Kier molecular flexibility index (Phi) is 2.37. The number of halogens is 1. The van der Waals surface area contributed by atoms with Crippen molar-refractivity contribution in [3.63, 3.8) is 0 Å². The van der Waals surface area contributed by atoms with Crippen LogP contribution in [0.5, 0.6) is 5.75 Å². The van der Waals surface area contributed by atoms with Crippen molar-refractivity contribution < 1.29 is 9.63 Å². The molecule has 0 atom stereocenters. The molecule has 0 aliphatic heterocycles. The molecule has 0 aliphatic rings. The van der Waals surface area contributed by atoms with Gasteiger partial charge in [-0.15, -0.1) is 0 Å². The van der Waals surface area contributed by atoms with Gasteiger partial charge in [0.15, 0.2) is 5.76 Å². The van der Waals surface area contributed by atoms with Crippen molar-refractivity contribution in [1.29, 1.82) is 0 Å². The fraction of sp³-hybridized carbons (Fsp3) is 0. The second-order valence-electron chi connectivity index (χ2n) is 3.72. The summed E-state index contributed by atoms with van der Waals surface area (Å²) < 4.78 is 6.31. The third-order valence-electron chi connectivity index (χ3n) is 2.57. The van der Waals surface area contributed by atoms with Crippen molar-refractivity contribution in [3.8, 4) is 17.1 Å². The van der Waals surface area contributed by atoms with E-state index in [-0.39, 0.29) is 5.75 Å². The Hall–Kier alpha value is -1.81. The van der Waals surface area contributed by atoms with Crippen molar-refractivity contribution in [3.05, 3.63) is 46.9 Å². The van der Waals surface area contributed by atoms with Crippen LogP contribution < -0.4 is 0 Å². The average molecular weight is 290 g/mol. The molecule has 0 spiro atoms. The Labute approximate surface area is 106 Å². The molecule has 0 aliphatic carbocycles. The molecular formula is C13H8BrNO2. The molecule has 1 heterocycles. The van der Waals surface area contributed by atoms with Gasteiger partial charge >= 0.3 is 0 Å². The van der Waals surface area contributed by atoms with Gasteiger partial charge in [-0.05, 0) is 42.5 Å². The predicted molar refractivity (Wildman–Crippen MR) is 68.8 cm³/mol.